The highest BCUT2D eigenvalue weighted by atomic mass is 16.5. The van der Waals surface area contributed by atoms with Crippen LogP contribution in [0.3, 0.4) is 0 Å². The number of nitrogens with zero attached hydrogens (tertiary/aromatic N) is 2. The molecule has 0 bridgehead atoms. The van der Waals surface area contributed by atoms with Gasteiger partial charge in [0, 0.05) is 18.3 Å². The van der Waals surface area contributed by atoms with Gasteiger partial charge in [-0.2, -0.15) is 0 Å². The van der Waals surface area contributed by atoms with Gasteiger partial charge in [0.05, 0.1) is 12.2 Å². The van der Waals surface area contributed by atoms with E-state index < -0.39 is 5.97 Å². The van der Waals surface area contributed by atoms with E-state index in [-0.39, 0.29) is 12.5 Å². The van der Waals surface area contributed by atoms with Crippen LogP contribution < -0.4 is 5.32 Å². The third kappa shape index (κ3) is 2.74. The van der Waals surface area contributed by atoms with Crippen LogP contribution in [0, 0.1) is 13.8 Å². The standard InChI is InChI=1S/C15H19N3O4/c1-5-18-10(4)12(9(3)13(18)15(20)21-6-2)14(19)16-11-7-8-22-17-11/h7-8H,5-6H2,1-4H3,(H,16,17,19). The highest BCUT2D eigenvalue weighted by Gasteiger charge is 2.26. The van der Waals surface area contributed by atoms with Gasteiger partial charge in [-0.05, 0) is 33.3 Å². The van der Waals surface area contributed by atoms with Gasteiger partial charge in [-0.1, -0.05) is 5.16 Å². The summed E-state index contributed by atoms with van der Waals surface area (Å²) in [7, 11) is 0. The molecule has 118 valence electrons. The van der Waals surface area contributed by atoms with E-state index in [1.54, 1.807) is 31.4 Å². The summed E-state index contributed by atoms with van der Waals surface area (Å²) in [5.41, 5.74) is 2.17. The highest BCUT2D eigenvalue weighted by Crippen LogP contribution is 2.24. The quantitative estimate of drug-likeness (QED) is 0.858. The van der Waals surface area contributed by atoms with E-state index >= 15 is 0 Å². The first-order valence-electron chi connectivity index (χ1n) is 7.09. The zero-order valence-electron chi connectivity index (χ0n) is 13.1. The van der Waals surface area contributed by atoms with Crippen LogP contribution in [0.2, 0.25) is 0 Å². The number of nitrogens with one attached hydrogen (secondary N) is 1. The zero-order valence-corrected chi connectivity index (χ0v) is 13.1. The number of carbonyl (C=O) groups is 2. The maximum absolute atomic E-state index is 12.5. The lowest BCUT2D eigenvalue weighted by molar-refractivity contribution is 0.0512. The maximum Gasteiger partial charge on any atom is 0.355 e. The number of carbonyl (C=O) groups excluding carboxylic acids is 2. The Morgan fingerprint density at radius 3 is 2.64 bits per heavy atom. The number of hydrogen-bond acceptors (Lipinski definition) is 5. The minimum absolute atomic E-state index is 0.284. The average Bonchev–Trinajstić information content (AvgIpc) is 3.05. The van der Waals surface area contributed by atoms with Crippen LogP contribution in [0.25, 0.3) is 0 Å². The van der Waals surface area contributed by atoms with Gasteiger partial charge >= 0.3 is 5.97 Å². The minimum Gasteiger partial charge on any atom is -0.461 e. The van der Waals surface area contributed by atoms with Crippen molar-refractivity contribution in [1.82, 2.24) is 9.72 Å². The zero-order chi connectivity index (χ0) is 16.3. The number of esters is 1. The van der Waals surface area contributed by atoms with Crippen molar-refractivity contribution in [1.29, 1.82) is 0 Å². The van der Waals surface area contributed by atoms with E-state index in [0.717, 1.165) is 0 Å². The highest BCUT2D eigenvalue weighted by molar-refractivity contribution is 6.08. The predicted octanol–water partition coefficient (Wildman–Crippen LogP) is 2.54. The monoisotopic (exact) mass is 305 g/mol. The van der Waals surface area contributed by atoms with Gasteiger partial charge in [0.2, 0.25) is 0 Å². The summed E-state index contributed by atoms with van der Waals surface area (Å²) >= 11 is 0. The number of anilines is 1. The van der Waals surface area contributed by atoms with Gasteiger partial charge in [0.25, 0.3) is 5.91 Å². The second-order valence-corrected chi connectivity index (χ2v) is 4.74. The number of hydrogen-bond donors (Lipinski definition) is 1. The molecule has 0 aliphatic rings. The molecule has 2 heterocycles. The molecule has 0 aliphatic carbocycles. The fourth-order valence-corrected chi connectivity index (χ4v) is 2.54. The number of rotatable bonds is 5. The van der Waals surface area contributed by atoms with Crippen molar-refractivity contribution in [3.05, 3.63) is 34.8 Å². The molecular weight excluding hydrogens is 286 g/mol. The second-order valence-electron chi connectivity index (χ2n) is 4.74. The fraction of sp³-hybridized carbons (Fsp3) is 0.400. The molecule has 0 saturated heterocycles. The smallest absolute Gasteiger partial charge is 0.355 e. The topological polar surface area (TPSA) is 86.4 Å². The molecule has 2 aromatic rings. The summed E-state index contributed by atoms with van der Waals surface area (Å²) in [6, 6.07) is 1.55. The molecule has 22 heavy (non-hydrogen) atoms. The van der Waals surface area contributed by atoms with Crippen LogP contribution in [0.5, 0.6) is 0 Å². The first-order chi connectivity index (χ1) is 10.5. The second kappa shape index (κ2) is 6.46. The Labute approximate surface area is 128 Å². The van der Waals surface area contributed by atoms with E-state index in [2.05, 4.69) is 15.0 Å². The molecule has 0 aliphatic heterocycles. The molecule has 2 rings (SSSR count). The van der Waals surface area contributed by atoms with E-state index in [1.807, 2.05) is 6.92 Å². The summed E-state index contributed by atoms with van der Waals surface area (Å²) in [6.07, 6.45) is 1.37. The SMILES string of the molecule is CCOC(=O)c1c(C)c(C(=O)Nc2ccon2)c(C)n1CC. The molecule has 1 amide bonds. The lowest BCUT2D eigenvalue weighted by Crippen LogP contribution is -2.14. The lowest BCUT2D eigenvalue weighted by atomic mass is 10.1. The van der Waals surface area contributed by atoms with Gasteiger partial charge in [0.15, 0.2) is 5.82 Å². The van der Waals surface area contributed by atoms with Crippen LogP contribution in [0.4, 0.5) is 5.82 Å². The van der Waals surface area contributed by atoms with Crippen molar-refractivity contribution < 1.29 is 18.8 Å². The fourth-order valence-electron chi connectivity index (χ4n) is 2.54. The minimum atomic E-state index is -0.426. The van der Waals surface area contributed by atoms with Gasteiger partial charge in [-0.15, -0.1) is 0 Å². The number of ether oxygens (including phenoxy) is 1. The third-order valence-corrected chi connectivity index (χ3v) is 3.46. The van der Waals surface area contributed by atoms with Crippen molar-refractivity contribution in [3.63, 3.8) is 0 Å². The molecule has 0 fully saturated rings. The van der Waals surface area contributed by atoms with E-state index in [4.69, 9.17) is 4.74 Å². The van der Waals surface area contributed by atoms with Crippen molar-refractivity contribution >= 4 is 17.7 Å². The van der Waals surface area contributed by atoms with Gasteiger partial charge in [-0.25, -0.2) is 4.79 Å². The normalized spacial score (nSPS) is 10.5. The van der Waals surface area contributed by atoms with Crippen molar-refractivity contribution in [2.75, 3.05) is 11.9 Å². The molecule has 1 N–H and O–H groups in total. The Morgan fingerprint density at radius 1 is 1.36 bits per heavy atom. The summed E-state index contributed by atoms with van der Waals surface area (Å²) in [6.45, 7) is 8.05. The molecule has 7 heteroatoms. The first-order valence-corrected chi connectivity index (χ1v) is 7.09. The van der Waals surface area contributed by atoms with E-state index in [9.17, 15) is 9.59 Å². The Morgan fingerprint density at radius 2 is 2.09 bits per heavy atom. The van der Waals surface area contributed by atoms with E-state index in [0.29, 0.717) is 34.9 Å². The average molecular weight is 305 g/mol. The van der Waals surface area contributed by atoms with Crippen LogP contribution in [-0.4, -0.2) is 28.2 Å². The van der Waals surface area contributed by atoms with Crippen molar-refractivity contribution in [2.24, 2.45) is 0 Å². The van der Waals surface area contributed by atoms with Crippen LogP contribution in [0.1, 0.15) is 46.0 Å². The van der Waals surface area contributed by atoms with Crippen molar-refractivity contribution in [2.45, 2.75) is 34.2 Å². The van der Waals surface area contributed by atoms with Gasteiger partial charge < -0.3 is 19.1 Å². The maximum atomic E-state index is 12.5. The molecule has 0 radical (unpaired) electrons. The van der Waals surface area contributed by atoms with Crippen LogP contribution in [-0.2, 0) is 11.3 Å². The molecule has 0 atom stereocenters. The van der Waals surface area contributed by atoms with Gasteiger partial charge in [-0.3, -0.25) is 4.79 Å². The van der Waals surface area contributed by atoms with Gasteiger partial charge in [0.1, 0.15) is 12.0 Å². The molecule has 0 saturated carbocycles. The molecule has 0 unspecified atom stereocenters. The summed E-state index contributed by atoms with van der Waals surface area (Å²) in [4.78, 5) is 24.6. The number of aromatic nitrogens is 2. The van der Waals surface area contributed by atoms with Crippen LogP contribution >= 0.6 is 0 Å². The number of amides is 1. The molecule has 7 nitrogen and oxygen atoms in total. The molecule has 0 spiro atoms. The molecule has 2 aromatic heterocycles. The summed E-state index contributed by atoms with van der Waals surface area (Å²) in [5, 5.41) is 6.30. The molecular formula is C15H19N3O4. The molecule has 0 aromatic carbocycles. The largest absolute Gasteiger partial charge is 0.461 e. The predicted molar refractivity (Wildman–Crippen MR) is 80.0 cm³/mol. The lowest BCUT2D eigenvalue weighted by Gasteiger charge is -2.08. The van der Waals surface area contributed by atoms with E-state index in [1.165, 1.54) is 6.26 Å². The first kappa shape index (κ1) is 15.8. The Kier molecular flexibility index (Phi) is 4.65. The summed E-state index contributed by atoms with van der Waals surface area (Å²) in [5.74, 6) is -0.433. The Balaban J connectivity index is 2.43. The van der Waals surface area contributed by atoms with Crippen LogP contribution in [0.15, 0.2) is 16.9 Å². The Bertz CT molecular complexity index is 686. The Hall–Kier alpha value is -2.57. The third-order valence-electron chi connectivity index (χ3n) is 3.46. The summed E-state index contributed by atoms with van der Waals surface area (Å²) < 4.78 is 11.6. The van der Waals surface area contributed by atoms with Crippen molar-refractivity contribution in [3.8, 4) is 0 Å².